The average Bonchev–Trinajstić information content (AvgIpc) is 2.60. The lowest BCUT2D eigenvalue weighted by Crippen LogP contribution is -2.28. The number of nitrogens with one attached hydrogen (secondary N) is 1. The van der Waals surface area contributed by atoms with Gasteiger partial charge in [-0.3, -0.25) is 4.79 Å². The smallest absolute Gasteiger partial charge is 0.313 e. The Hall–Kier alpha value is -2.33. The maximum atomic E-state index is 11.4. The molecule has 0 radical (unpaired) electrons. The SMILES string of the molecule is CC(C)(C(=O)O)c1cccc(NCc2ccc3c(c2)COCC3)c1. The van der Waals surface area contributed by atoms with Crippen LogP contribution in [0.15, 0.2) is 42.5 Å². The lowest BCUT2D eigenvalue weighted by atomic mass is 9.84. The molecule has 0 spiro atoms. The molecule has 1 aliphatic heterocycles. The summed E-state index contributed by atoms with van der Waals surface area (Å²) in [6.45, 7) is 5.63. The molecule has 0 bridgehead atoms. The summed E-state index contributed by atoms with van der Waals surface area (Å²) in [4.78, 5) is 11.4. The summed E-state index contributed by atoms with van der Waals surface area (Å²) < 4.78 is 5.51. The molecule has 4 heteroatoms. The molecular formula is C20H23NO3. The predicted octanol–water partition coefficient (Wildman–Crippen LogP) is 3.73. The number of rotatable bonds is 5. The number of benzene rings is 2. The quantitative estimate of drug-likeness (QED) is 0.879. The summed E-state index contributed by atoms with van der Waals surface area (Å²) in [7, 11) is 0. The summed E-state index contributed by atoms with van der Waals surface area (Å²) in [5.41, 5.74) is 4.65. The summed E-state index contributed by atoms with van der Waals surface area (Å²) in [6, 6.07) is 14.1. The molecule has 0 aliphatic carbocycles. The van der Waals surface area contributed by atoms with E-state index in [4.69, 9.17) is 4.74 Å². The van der Waals surface area contributed by atoms with Crippen molar-refractivity contribution >= 4 is 11.7 Å². The monoisotopic (exact) mass is 325 g/mol. The van der Waals surface area contributed by atoms with E-state index in [1.54, 1.807) is 13.8 Å². The summed E-state index contributed by atoms with van der Waals surface area (Å²) in [5.74, 6) is -0.825. The number of carboxylic acids is 1. The number of anilines is 1. The second-order valence-corrected chi connectivity index (χ2v) is 6.77. The first-order valence-electron chi connectivity index (χ1n) is 8.23. The molecule has 24 heavy (non-hydrogen) atoms. The molecule has 2 aromatic rings. The predicted molar refractivity (Wildman–Crippen MR) is 94.2 cm³/mol. The van der Waals surface area contributed by atoms with Crippen molar-refractivity contribution in [3.63, 3.8) is 0 Å². The second kappa shape index (κ2) is 6.65. The molecule has 1 heterocycles. The van der Waals surface area contributed by atoms with Crippen LogP contribution in [-0.2, 0) is 34.5 Å². The fraction of sp³-hybridized carbons (Fsp3) is 0.350. The van der Waals surface area contributed by atoms with E-state index in [9.17, 15) is 9.90 Å². The van der Waals surface area contributed by atoms with Gasteiger partial charge in [0.1, 0.15) is 0 Å². The van der Waals surface area contributed by atoms with Gasteiger partial charge in [0.2, 0.25) is 0 Å². The van der Waals surface area contributed by atoms with Gasteiger partial charge < -0.3 is 15.2 Å². The highest BCUT2D eigenvalue weighted by atomic mass is 16.5. The fourth-order valence-corrected chi connectivity index (χ4v) is 2.88. The third-order valence-electron chi connectivity index (χ3n) is 4.66. The van der Waals surface area contributed by atoms with Crippen molar-refractivity contribution < 1.29 is 14.6 Å². The molecule has 2 N–H and O–H groups in total. The first kappa shape index (κ1) is 16.5. The molecular weight excluding hydrogens is 302 g/mol. The van der Waals surface area contributed by atoms with Crippen molar-refractivity contribution in [1.82, 2.24) is 0 Å². The molecule has 0 fully saturated rings. The fourth-order valence-electron chi connectivity index (χ4n) is 2.88. The average molecular weight is 325 g/mol. The largest absolute Gasteiger partial charge is 0.481 e. The van der Waals surface area contributed by atoms with Crippen LogP contribution in [0.1, 0.15) is 36.1 Å². The van der Waals surface area contributed by atoms with Crippen LogP contribution in [0.3, 0.4) is 0 Å². The zero-order valence-corrected chi connectivity index (χ0v) is 14.1. The van der Waals surface area contributed by atoms with E-state index in [1.165, 1.54) is 16.7 Å². The zero-order valence-electron chi connectivity index (χ0n) is 14.1. The molecule has 0 atom stereocenters. The Bertz CT molecular complexity index is 752. The Morgan fingerprint density at radius 3 is 2.83 bits per heavy atom. The van der Waals surface area contributed by atoms with E-state index in [-0.39, 0.29) is 0 Å². The van der Waals surface area contributed by atoms with Crippen LogP contribution in [0.25, 0.3) is 0 Å². The van der Waals surface area contributed by atoms with Gasteiger partial charge in [-0.25, -0.2) is 0 Å². The van der Waals surface area contributed by atoms with Gasteiger partial charge in [-0.05, 0) is 54.7 Å². The first-order chi connectivity index (χ1) is 11.5. The van der Waals surface area contributed by atoms with Gasteiger partial charge in [-0.1, -0.05) is 30.3 Å². The molecule has 3 rings (SSSR count). The van der Waals surface area contributed by atoms with Crippen LogP contribution in [0.2, 0.25) is 0 Å². The van der Waals surface area contributed by atoms with E-state index < -0.39 is 11.4 Å². The third-order valence-corrected chi connectivity index (χ3v) is 4.66. The number of aliphatic carboxylic acids is 1. The lowest BCUT2D eigenvalue weighted by molar-refractivity contribution is -0.142. The van der Waals surface area contributed by atoms with E-state index in [0.717, 1.165) is 24.3 Å². The normalized spacial score (nSPS) is 14.1. The van der Waals surface area contributed by atoms with Crippen LogP contribution < -0.4 is 5.32 Å². The molecule has 0 aromatic heterocycles. The summed E-state index contributed by atoms with van der Waals surface area (Å²) >= 11 is 0. The van der Waals surface area contributed by atoms with Gasteiger partial charge in [0.05, 0.1) is 18.6 Å². The van der Waals surface area contributed by atoms with E-state index in [1.807, 2.05) is 24.3 Å². The van der Waals surface area contributed by atoms with Gasteiger partial charge in [-0.2, -0.15) is 0 Å². The minimum Gasteiger partial charge on any atom is -0.481 e. The van der Waals surface area contributed by atoms with Crippen LogP contribution in [0.5, 0.6) is 0 Å². The standard InChI is InChI=1S/C20H23NO3/c1-20(2,19(22)23)17-4-3-5-18(11-17)21-12-14-6-7-15-8-9-24-13-16(15)10-14/h3-7,10-11,21H,8-9,12-13H2,1-2H3,(H,22,23). The number of carbonyl (C=O) groups is 1. The lowest BCUT2D eigenvalue weighted by Gasteiger charge is -2.21. The highest BCUT2D eigenvalue weighted by Crippen LogP contribution is 2.26. The Labute approximate surface area is 142 Å². The molecule has 1 aliphatic rings. The molecule has 0 amide bonds. The van der Waals surface area contributed by atoms with Crippen molar-refractivity contribution in [1.29, 1.82) is 0 Å². The number of carboxylic acid groups (broad SMARTS) is 1. The van der Waals surface area contributed by atoms with Crippen molar-refractivity contribution in [3.8, 4) is 0 Å². The van der Waals surface area contributed by atoms with Crippen molar-refractivity contribution in [2.75, 3.05) is 11.9 Å². The number of hydrogen-bond donors (Lipinski definition) is 2. The molecule has 0 saturated carbocycles. The van der Waals surface area contributed by atoms with Crippen molar-refractivity contribution in [3.05, 3.63) is 64.7 Å². The highest BCUT2D eigenvalue weighted by molar-refractivity contribution is 5.80. The van der Waals surface area contributed by atoms with Gasteiger partial charge in [-0.15, -0.1) is 0 Å². The Morgan fingerprint density at radius 1 is 1.21 bits per heavy atom. The van der Waals surface area contributed by atoms with E-state index in [2.05, 4.69) is 23.5 Å². The van der Waals surface area contributed by atoms with Crippen molar-refractivity contribution in [2.45, 2.75) is 38.8 Å². The van der Waals surface area contributed by atoms with Gasteiger partial charge in [0, 0.05) is 12.2 Å². The topological polar surface area (TPSA) is 58.6 Å². The number of ether oxygens (including phenoxy) is 1. The first-order valence-corrected chi connectivity index (χ1v) is 8.23. The Balaban J connectivity index is 1.72. The van der Waals surface area contributed by atoms with Crippen LogP contribution in [-0.4, -0.2) is 17.7 Å². The molecule has 0 saturated heterocycles. The minimum atomic E-state index is -0.902. The van der Waals surface area contributed by atoms with Gasteiger partial charge in [0.25, 0.3) is 0 Å². The van der Waals surface area contributed by atoms with Gasteiger partial charge in [0.15, 0.2) is 0 Å². The second-order valence-electron chi connectivity index (χ2n) is 6.77. The molecule has 126 valence electrons. The number of hydrogen-bond acceptors (Lipinski definition) is 3. The summed E-state index contributed by atoms with van der Waals surface area (Å²) in [6.07, 6.45) is 0.982. The van der Waals surface area contributed by atoms with Crippen LogP contribution in [0.4, 0.5) is 5.69 Å². The molecule has 4 nitrogen and oxygen atoms in total. The van der Waals surface area contributed by atoms with E-state index in [0.29, 0.717) is 13.2 Å². The van der Waals surface area contributed by atoms with Crippen molar-refractivity contribution in [2.24, 2.45) is 0 Å². The molecule has 0 unspecified atom stereocenters. The number of fused-ring (bicyclic) bond motifs is 1. The maximum Gasteiger partial charge on any atom is 0.313 e. The summed E-state index contributed by atoms with van der Waals surface area (Å²) in [5, 5.41) is 12.8. The third kappa shape index (κ3) is 3.44. The zero-order chi connectivity index (χ0) is 17.2. The maximum absolute atomic E-state index is 11.4. The van der Waals surface area contributed by atoms with Gasteiger partial charge >= 0.3 is 5.97 Å². The minimum absolute atomic E-state index is 0.686. The van der Waals surface area contributed by atoms with Crippen LogP contribution >= 0.6 is 0 Å². The molecule has 2 aromatic carbocycles. The van der Waals surface area contributed by atoms with Crippen LogP contribution in [0, 0.1) is 0 Å². The van der Waals surface area contributed by atoms with E-state index >= 15 is 0 Å². The highest BCUT2D eigenvalue weighted by Gasteiger charge is 2.29. The Morgan fingerprint density at radius 2 is 2.04 bits per heavy atom. The Kier molecular flexibility index (Phi) is 4.58.